The molecule has 4 nitrogen and oxygen atoms in total. The van der Waals surface area contributed by atoms with E-state index >= 15 is 0 Å². The summed E-state index contributed by atoms with van der Waals surface area (Å²) in [6, 6.07) is 3.53. The molecule has 92 valence electrons. The van der Waals surface area contributed by atoms with Gasteiger partial charge in [0.25, 0.3) is 0 Å². The fourth-order valence-corrected chi connectivity index (χ4v) is 1.86. The Morgan fingerprint density at radius 1 is 1.12 bits per heavy atom. The first-order valence-corrected chi connectivity index (χ1v) is 5.59. The molecule has 0 saturated heterocycles. The van der Waals surface area contributed by atoms with Crippen LogP contribution in [0, 0.1) is 0 Å². The molecule has 0 heterocycles. The molecule has 0 bridgehead atoms. The van der Waals surface area contributed by atoms with Crippen LogP contribution in [0.15, 0.2) is 18.2 Å². The van der Waals surface area contributed by atoms with Gasteiger partial charge in [-0.1, -0.05) is 0 Å². The number of rotatable bonds is 5. The smallest absolute Gasteiger partial charge is 0.203 e. The number of aldehydes is 1. The quantitative estimate of drug-likeness (QED) is 0.619. The lowest BCUT2D eigenvalue weighted by Gasteiger charge is -2.15. The molecule has 17 heavy (non-hydrogen) atoms. The molecule has 5 heteroatoms. The molecule has 0 fully saturated rings. The van der Waals surface area contributed by atoms with Gasteiger partial charge >= 0.3 is 0 Å². The summed E-state index contributed by atoms with van der Waals surface area (Å²) in [5.74, 6) is 1.57. The maximum absolute atomic E-state index is 10.5. The Morgan fingerprint density at radius 3 is 2.24 bits per heavy atom. The minimum atomic E-state index is 0.490. The normalized spacial score (nSPS) is 10.9. The molecule has 1 rings (SSSR count). The van der Waals surface area contributed by atoms with Crippen molar-refractivity contribution in [2.24, 2.45) is 0 Å². The van der Waals surface area contributed by atoms with Gasteiger partial charge in [-0.25, -0.2) is 0 Å². The zero-order valence-corrected chi connectivity index (χ0v) is 11.4. The highest BCUT2D eigenvalue weighted by molar-refractivity contribution is 9.15. The third-order valence-corrected chi connectivity index (χ3v) is 2.87. The number of ether oxygens (including phenoxy) is 3. The van der Waals surface area contributed by atoms with Crippen LogP contribution in [0.5, 0.6) is 17.2 Å². The van der Waals surface area contributed by atoms with Gasteiger partial charge in [-0.2, -0.15) is 0 Å². The molecule has 0 aromatic heterocycles. The molecule has 0 radical (unpaired) electrons. The van der Waals surface area contributed by atoms with Crippen LogP contribution in [0.2, 0.25) is 0 Å². The van der Waals surface area contributed by atoms with Crippen molar-refractivity contribution >= 4 is 26.7 Å². The fraction of sp³-hybridized carbons (Fsp3) is 0.250. The lowest BCUT2D eigenvalue weighted by atomic mass is 10.1. The number of hydrogen-bond donors (Lipinski definition) is 0. The van der Waals surface area contributed by atoms with Crippen molar-refractivity contribution in [2.75, 3.05) is 21.3 Å². The van der Waals surface area contributed by atoms with Gasteiger partial charge in [0.05, 0.1) is 21.3 Å². The molecule has 0 spiro atoms. The Hall–Kier alpha value is -1.49. The van der Waals surface area contributed by atoms with E-state index in [-0.39, 0.29) is 0 Å². The van der Waals surface area contributed by atoms with Gasteiger partial charge in [-0.3, -0.25) is 4.79 Å². The second-order valence-electron chi connectivity index (χ2n) is 3.03. The highest BCUT2D eigenvalue weighted by Crippen LogP contribution is 2.43. The Kier molecular flexibility index (Phi) is 5.03. The molecule has 0 unspecified atom stereocenters. The average molecular weight is 301 g/mol. The molecular formula is C12H13BrO4. The van der Waals surface area contributed by atoms with Gasteiger partial charge in [-0.05, 0) is 34.1 Å². The molecule has 0 aliphatic carbocycles. The molecule has 0 N–H and O–H groups in total. The van der Waals surface area contributed by atoms with E-state index in [4.69, 9.17) is 14.2 Å². The first-order chi connectivity index (χ1) is 8.19. The standard InChI is InChI=1S/C12H13BrO4/c1-15-10-5-4-8(9(13)6-7-14)11(16-2)12(10)17-3/h4-7H,1-3H3/b9-6-. The minimum absolute atomic E-state index is 0.490. The zero-order chi connectivity index (χ0) is 12.8. The minimum Gasteiger partial charge on any atom is -0.493 e. The van der Waals surface area contributed by atoms with Crippen LogP contribution < -0.4 is 14.2 Å². The number of hydrogen-bond acceptors (Lipinski definition) is 4. The van der Waals surface area contributed by atoms with E-state index in [1.807, 2.05) is 0 Å². The van der Waals surface area contributed by atoms with E-state index < -0.39 is 0 Å². The summed E-state index contributed by atoms with van der Waals surface area (Å²) in [4.78, 5) is 10.5. The maximum atomic E-state index is 10.5. The zero-order valence-electron chi connectivity index (χ0n) is 9.82. The third kappa shape index (κ3) is 2.79. The van der Waals surface area contributed by atoms with Gasteiger partial charge in [0.2, 0.25) is 5.75 Å². The van der Waals surface area contributed by atoms with Crippen LogP contribution >= 0.6 is 15.9 Å². The van der Waals surface area contributed by atoms with Crippen molar-refractivity contribution in [3.8, 4) is 17.2 Å². The summed E-state index contributed by atoms with van der Waals surface area (Å²) >= 11 is 3.30. The Morgan fingerprint density at radius 2 is 1.76 bits per heavy atom. The Labute approximate surface area is 108 Å². The van der Waals surface area contributed by atoms with Crippen LogP contribution in [-0.4, -0.2) is 27.6 Å². The molecule has 1 aromatic rings. The number of halogens is 1. The number of benzene rings is 1. The molecule has 0 amide bonds. The largest absolute Gasteiger partial charge is 0.493 e. The van der Waals surface area contributed by atoms with Crippen LogP contribution in [0.4, 0.5) is 0 Å². The molecule has 1 aromatic carbocycles. The fourth-order valence-electron chi connectivity index (χ4n) is 1.44. The van der Waals surface area contributed by atoms with E-state index in [0.29, 0.717) is 28.0 Å². The lowest BCUT2D eigenvalue weighted by molar-refractivity contribution is -0.104. The molecular weight excluding hydrogens is 288 g/mol. The summed E-state index contributed by atoms with van der Waals surface area (Å²) < 4.78 is 16.3. The third-order valence-electron chi connectivity index (χ3n) is 2.18. The number of carbonyl (C=O) groups excluding carboxylic acids is 1. The topological polar surface area (TPSA) is 44.8 Å². The second kappa shape index (κ2) is 6.30. The van der Waals surface area contributed by atoms with Crippen molar-refractivity contribution in [1.82, 2.24) is 0 Å². The van der Waals surface area contributed by atoms with E-state index in [2.05, 4.69) is 15.9 Å². The van der Waals surface area contributed by atoms with Gasteiger partial charge in [0.15, 0.2) is 11.5 Å². The second-order valence-corrected chi connectivity index (χ2v) is 3.89. The Balaban J connectivity index is 3.43. The lowest BCUT2D eigenvalue weighted by Crippen LogP contribution is -1.97. The van der Waals surface area contributed by atoms with Crippen molar-refractivity contribution < 1.29 is 19.0 Å². The van der Waals surface area contributed by atoms with Gasteiger partial charge in [0.1, 0.15) is 6.29 Å². The van der Waals surface area contributed by atoms with E-state index in [1.54, 1.807) is 19.2 Å². The van der Waals surface area contributed by atoms with Gasteiger partial charge in [-0.15, -0.1) is 0 Å². The molecule has 0 atom stereocenters. The van der Waals surface area contributed by atoms with Crippen LogP contribution in [-0.2, 0) is 4.79 Å². The van der Waals surface area contributed by atoms with Crippen LogP contribution in [0.1, 0.15) is 5.56 Å². The number of allylic oxidation sites excluding steroid dienone is 1. The predicted octanol–water partition coefficient (Wildman–Crippen LogP) is 2.65. The summed E-state index contributed by atoms with van der Waals surface area (Å²) in [6.07, 6.45) is 2.09. The van der Waals surface area contributed by atoms with Crippen LogP contribution in [0.3, 0.4) is 0 Å². The highest BCUT2D eigenvalue weighted by atomic mass is 79.9. The maximum Gasteiger partial charge on any atom is 0.203 e. The highest BCUT2D eigenvalue weighted by Gasteiger charge is 2.16. The van der Waals surface area contributed by atoms with Crippen molar-refractivity contribution in [3.63, 3.8) is 0 Å². The predicted molar refractivity (Wildman–Crippen MR) is 69.1 cm³/mol. The molecule has 0 saturated carbocycles. The summed E-state index contributed by atoms with van der Waals surface area (Å²) in [6.45, 7) is 0. The van der Waals surface area contributed by atoms with Crippen molar-refractivity contribution in [2.45, 2.75) is 0 Å². The van der Waals surface area contributed by atoms with Gasteiger partial charge in [0, 0.05) is 10.0 Å². The summed E-state index contributed by atoms with van der Waals surface area (Å²) in [7, 11) is 4.61. The average Bonchev–Trinajstić information content (AvgIpc) is 2.36. The SMILES string of the molecule is COc1ccc(/C(Br)=C/C=O)c(OC)c1OC. The number of carbonyl (C=O) groups is 1. The first kappa shape index (κ1) is 13.6. The van der Waals surface area contributed by atoms with Crippen molar-refractivity contribution in [3.05, 3.63) is 23.8 Å². The van der Waals surface area contributed by atoms with E-state index in [0.717, 1.165) is 5.56 Å². The van der Waals surface area contributed by atoms with Gasteiger partial charge < -0.3 is 14.2 Å². The Bertz CT molecular complexity index is 440. The summed E-state index contributed by atoms with van der Waals surface area (Å²) in [5, 5.41) is 0. The summed E-state index contributed by atoms with van der Waals surface area (Å²) in [5.41, 5.74) is 0.720. The molecule has 0 aliphatic rings. The molecule has 0 aliphatic heterocycles. The van der Waals surface area contributed by atoms with Crippen LogP contribution in [0.25, 0.3) is 4.48 Å². The van der Waals surface area contributed by atoms with E-state index in [9.17, 15) is 4.79 Å². The first-order valence-electron chi connectivity index (χ1n) is 4.79. The monoisotopic (exact) mass is 300 g/mol. The number of methoxy groups -OCH3 is 3. The van der Waals surface area contributed by atoms with Crippen molar-refractivity contribution in [1.29, 1.82) is 0 Å². The van der Waals surface area contributed by atoms with E-state index in [1.165, 1.54) is 20.3 Å².